The number of ether oxygens (including phenoxy) is 2. The summed E-state index contributed by atoms with van der Waals surface area (Å²) in [7, 11) is 3.10. The van der Waals surface area contributed by atoms with E-state index in [4.69, 9.17) is 9.47 Å². The SMILES string of the molecule is COc1cc(C=C2SC(=O)N(CC(=O)N3CCCCCC3)C2=O)cc(I)c1OC. The third-order valence-corrected chi connectivity index (χ3v) is 6.59. The van der Waals surface area contributed by atoms with Crippen molar-refractivity contribution in [3.05, 3.63) is 26.2 Å². The lowest BCUT2D eigenvalue weighted by Crippen LogP contribution is -2.42. The molecule has 0 bridgehead atoms. The second-order valence-corrected chi connectivity index (χ2v) is 8.96. The lowest BCUT2D eigenvalue weighted by atomic mass is 10.2. The maximum atomic E-state index is 12.8. The smallest absolute Gasteiger partial charge is 0.294 e. The molecule has 0 N–H and O–H groups in total. The number of amides is 3. The molecular weight excluding hydrogens is 507 g/mol. The molecule has 9 heteroatoms. The Kier molecular flexibility index (Phi) is 7.44. The van der Waals surface area contributed by atoms with E-state index in [0.29, 0.717) is 29.5 Å². The van der Waals surface area contributed by atoms with Gasteiger partial charge in [-0.1, -0.05) is 12.8 Å². The lowest BCUT2D eigenvalue weighted by molar-refractivity contribution is -0.135. The largest absolute Gasteiger partial charge is 0.493 e. The van der Waals surface area contributed by atoms with Crippen LogP contribution in [-0.2, 0) is 9.59 Å². The van der Waals surface area contributed by atoms with Crippen molar-refractivity contribution in [2.24, 2.45) is 0 Å². The molecule has 156 valence electrons. The first-order valence-corrected chi connectivity index (χ1v) is 11.3. The van der Waals surface area contributed by atoms with Crippen molar-refractivity contribution in [3.8, 4) is 11.5 Å². The third kappa shape index (κ3) is 5.06. The first-order chi connectivity index (χ1) is 13.9. The van der Waals surface area contributed by atoms with Crippen molar-refractivity contribution >= 4 is 57.5 Å². The average Bonchev–Trinajstić information content (AvgIpc) is 2.90. The fourth-order valence-corrected chi connectivity index (χ4v) is 5.05. The van der Waals surface area contributed by atoms with E-state index in [1.165, 1.54) is 0 Å². The van der Waals surface area contributed by atoms with Gasteiger partial charge in [0.2, 0.25) is 5.91 Å². The summed E-state index contributed by atoms with van der Waals surface area (Å²) in [6, 6.07) is 3.59. The first-order valence-electron chi connectivity index (χ1n) is 9.39. The highest BCUT2D eigenvalue weighted by Gasteiger charge is 2.37. The molecule has 0 aliphatic carbocycles. The zero-order chi connectivity index (χ0) is 21.0. The van der Waals surface area contributed by atoms with Crippen molar-refractivity contribution in [1.82, 2.24) is 9.80 Å². The Morgan fingerprint density at radius 2 is 1.83 bits per heavy atom. The van der Waals surface area contributed by atoms with Crippen LogP contribution in [0.5, 0.6) is 11.5 Å². The number of hydrogen-bond donors (Lipinski definition) is 0. The molecule has 0 aromatic heterocycles. The molecule has 0 unspecified atom stereocenters. The molecule has 2 aliphatic rings. The van der Waals surface area contributed by atoms with Crippen molar-refractivity contribution < 1.29 is 23.9 Å². The number of rotatable bonds is 5. The Morgan fingerprint density at radius 3 is 2.45 bits per heavy atom. The lowest BCUT2D eigenvalue weighted by Gasteiger charge is -2.22. The molecule has 1 aromatic carbocycles. The van der Waals surface area contributed by atoms with Gasteiger partial charge in [0, 0.05) is 13.1 Å². The minimum Gasteiger partial charge on any atom is -0.493 e. The van der Waals surface area contributed by atoms with Crippen LogP contribution in [0.1, 0.15) is 31.2 Å². The number of nitrogens with zero attached hydrogens (tertiary/aromatic N) is 2. The summed E-state index contributed by atoms with van der Waals surface area (Å²) in [6.45, 7) is 1.18. The van der Waals surface area contributed by atoms with Crippen LogP contribution in [0.4, 0.5) is 4.79 Å². The zero-order valence-corrected chi connectivity index (χ0v) is 19.4. The van der Waals surface area contributed by atoms with Gasteiger partial charge in [-0.05, 0) is 71.0 Å². The van der Waals surface area contributed by atoms with Crippen LogP contribution in [0, 0.1) is 3.57 Å². The highest BCUT2D eigenvalue weighted by atomic mass is 127. The molecule has 0 atom stereocenters. The zero-order valence-electron chi connectivity index (χ0n) is 16.4. The van der Waals surface area contributed by atoms with Gasteiger partial charge in [-0.2, -0.15) is 0 Å². The van der Waals surface area contributed by atoms with E-state index in [9.17, 15) is 14.4 Å². The predicted octanol–water partition coefficient (Wildman–Crippen LogP) is 3.75. The number of thioether (sulfide) groups is 1. The Hall–Kier alpha value is -1.75. The predicted molar refractivity (Wildman–Crippen MR) is 120 cm³/mol. The van der Waals surface area contributed by atoms with Crippen molar-refractivity contribution in [2.75, 3.05) is 33.9 Å². The summed E-state index contributed by atoms with van der Waals surface area (Å²) in [4.78, 5) is 40.8. The van der Waals surface area contributed by atoms with Gasteiger partial charge in [0.05, 0.1) is 22.7 Å². The number of likely N-dealkylation sites (tertiary alicyclic amines) is 1. The Morgan fingerprint density at radius 1 is 1.14 bits per heavy atom. The second-order valence-electron chi connectivity index (χ2n) is 6.80. The first kappa shape index (κ1) is 21.9. The second kappa shape index (κ2) is 9.84. The molecule has 2 fully saturated rings. The molecular formula is C20H23IN2O5S. The number of carbonyl (C=O) groups excluding carboxylic acids is 3. The molecule has 2 aliphatic heterocycles. The number of halogens is 1. The molecule has 2 heterocycles. The maximum absolute atomic E-state index is 12.8. The van der Waals surface area contributed by atoms with Gasteiger partial charge in [-0.25, -0.2) is 0 Å². The molecule has 29 heavy (non-hydrogen) atoms. The quantitative estimate of drug-likeness (QED) is 0.427. The van der Waals surface area contributed by atoms with E-state index < -0.39 is 11.1 Å². The molecule has 2 saturated heterocycles. The van der Waals surface area contributed by atoms with Gasteiger partial charge in [0.15, 0.2) is 11.5 Å². The summed E-state index contributed by atoms with van der Waals surface area (Å²) in [5, 5.41) is -0.417. The molecule has 3 rings (SSSR count). The van der Waals surface area contributed by atoms with Crippen molar-refractivity contribution in [2.45, 2.75) is 25.7 Å². The number of carbonyl (C=O) groups is 3. The maximum Gasteiger partial charge on any atom is 0.294 e. The van der Waals surface area contributed by atoms with E-state index in [0.717, 1.165) is 51.5 Å². The van der Waals surface area contributed by atoms with Gasteiger partial charge in [-0.15, -0.1) is 0 Å². The number of hydrogen-bond acceptors (Lipinski definition) is 6. The van der Waals surface area contributed by atoms with Gasteiger partial charge < -0.3 is 14.4 Å². The van der Waals surface area contributed by atoms with Gasteiger partial charge >= 0.3 is 0 Å². The standard InChI is InChI=1S/C20H23IN2O5S/c1-27-15-10-13(9-14(21)18(15)28-2)11-16-19(25)23(20(26)29-16)12-17(24)22-7-5-3-4-6-8-22/h9-11H,3-8,12H2,1-2H3. The van der Waals surface area contributed by atoms with Crippen molar-refractivity contribution in [1.29, 1.82) is 0 Å². The van der Waals surface area contributed by atoms with Crippen LogP contribution in [-0.4, -0.2) is 60.7 Å². The van der Waals surface area contributed by atoms with Gasteiger partial charge in [0.1, 0.15) is 6.54 Å². The van der Waals surface area contributed by atoms with E-state index in [1.54, 1.807) is 31.3 Å². The van der Waals surface area contributed by atoms with Gasteiger partial charge in [-0.3, -0.25) is 19.3 Å². The summed E-state index contributed by atoms with van der Waals surface area (Å²) in [6.07, 6.45) is 5.79. The third-order valence-electron chi connectivity index (χ3n) is 4.88. The van der Waals surface area contributed by atoms with Crippen LogP contribution >= 0.6 is 34.4 Å². The van der Waals surface area contributed by atoms with Crippen LogP contribution in [0.3, 0.4) is 0 Å². The Balaban J connectivity index is 1.76. The van der Waals surface area contributed by atoms with Gasteiger partial charge in [0.25, 0.3) is 11.1 Å². The molecule has 0 saturated carbocycles. The van der Waals surface area contributed by atoms with Crippen LogP contribution in [0.15, 0.2) is 17.0 Å². The topological polar surface area (TPSA) is 76.2 Å². The van der Waals surface area contributed by atoms with E-state index in [-0.39, 0.29) is 12.5 Å². The summed E-state index contributed by atoms with van der Waals surface area (Å²) < 4.78 is 11.5. The summed E-state index contributed by atoms with van der Waals surface area (Å²) in [5.74, 6) is 0.548. The van der Waals surface area contributed by atoms with E-state index in [2.05, 4.69) is 22.6 Å². The number of imide groups is 1. The fourth-order valence-electron chi connectivity index (χ4n) is 3.36. The minimum absolute atomic E-state index is 0.170. The average molecular weight is 530 g/mol. The molecule has 0 radical (unpaired) electrons. The van der Waals surface area contributed by atoms with Crippen molar-refractivity contribution in [3.63, 3.8) is 0 Å². The Bertz CT molecular complexity index is 850. The van der Waals surface area contributed by atoms with Crippen LogP contribution < -0.4 is 9.47 Å². The number of benzene rings is 1. The molecule has 7 nitrogen and oxygen atoms in total. The summed E-state index contributed by atoms with van der Waals surface area (Å²) >= 11 is 2.98. The van der Waals surface area contributed by atoms with Crippen LogP contribution in [0.25, 0.3) is 6.08 Å². The minimum atomic E-state index is -0.437. The monoisotopic (exact) mass is 530 g/mol. The van der Waals surface area contributed by atoms with Crippen LogP contribution in [0.2, 0.25) is 0 Å². The van der Waals surface area contributed by atoms with E-state index in [1.807, 2.05) is 6.07 Å². The highest BCUT2D eigenvalue weighted by Crippen LogP contribution is 2.37. The molecule has 0 spiro atoms. The number of methoxy groups -OCH3 is 2. The molecule has 3 amide bonds. The summed E-state index contributed by atoms with van der Waals surface area (Å²) in [5.41, 5.74) is 0.719. The highest BCUT2D eigenvalue weighted by molar-refractivity contribution is 14.1. The Labute approximate surface area is 187 Å². The fraction of sp³-hybridized carbons (Fsp3) is 0.450. The van der Waals surface area contributed by atoms with E-state index >= 15 is 0 Å². The normalized spacial score (nSPS) is 18.9. The molecule has 1 aromatic rings.